The lowest BCUT2D eigenvalue weighted by molar-refractivity contribution is 0.0955. The van der Waals surface area contributed by atoms with Crippen LogP contribution in [0, 0.1) is 0 Å². The molecule has 0 aliphatic carbocycles. The molecule has 0 atom stereocenters. The Morgan fingerprint density at radius 3 is 1.78 bits per heavy atom. The van der Waals surface area contributed by atoms with Crippen molar-refractivity contribution in [2.75, 3.05) is 73.5 Å². The van der Waals surface area contributed by atoms with E-state index in [0.717, 1.165) is 66.4 Å². The number of carbonyl (C=O) groups is 2. The Morgan fingerprint density at radius 1 is 0.672 bits per heavy atom. The van der Waals surface area contributed by atoms with Crippen LogP contribution in [0.3, 0.4) is 0 Å². The van der Waals surface area contributed by atoms with Gasteiger partial charge in [0.2, 0.25) is 0 Å². The average molecular weight is 785 g/mol. The van der Waals surface area contributed by atoms with Crippen molar-refractivity contribution in [2.24, 2.45) is 0 Å². The molecule has 14 heteroatoms. The van der Waals surface area contributed by atoms with Gasteiger partial charge in [-0.1, -0.05) is 12.1 Å². The zero-order valence-electron chi connectivity index (χ0n) is 34.0. The van der Waals surface area contributed by atoms with Crippen molar-refractivity contribution >= 4 is 11.8 Å². The van der Waals surface area contributed by atoms with Gasteiger partial charge in [0, 0.05) is 92.9 Å². The molecule has 58 heavy (non-hydrogen) atoms. The van der Waals surface area contributed by atoms with Crippen molar-refractivity contribution in [3.8, 4) is 45.5 Å². The summed E-state index contributed by atoms with van der Waals surface area (Å²) in [4.78, 5) is 32.1. The first-order valence-electron chi connectivity index (χ1n) is 19.2. The summed E-state index contributed by atoms with van der Waals surface area (Å²) < 4.78 is 12.3. The second-order valence-electron chi connectivity index (χ2n) is 14.1. The third kappa shape index (κ3) is 10.5. The number of likely N-dealkylation sites (N-methyl/N-ethyl adjacent to an activating group) is 4. The first-order chi connectivity index (χ1) is 28.1. The van der Waals surface area contributed by atoms with E-state index in [-0.39, 0.29) is 11.8 Å². The Bertz CT molecular complexity index is 2270. The fourth-order valence-electron chi connectivity index (χ4n) is 6.39. The number of rotatable bonds is 19. The molecule has 0 bridgehead atoms. The van der Waals surface area contributed by atoms with Crippen LogP contribution in [-0.2, 0) is 13.1 Å². The normalized spacial score (nSPS) is 11.2. The fourth-order valence-corrected chi connectivity index (χ4v) is 6.39. The molecular weight excluding hydrogens is 733 g/mol. The molecule has 4 aromatic carbocycles. The summed E-state index contributed by atoms with van der Waals surface area (Å²) in [6, 6.07) is 29.6. The molecule has 0 radical (unpaired) electrons. The van der Waals surface area contributed by atoms with E-state index in [1.807, 2.05) is 81.1 Å². The number of hydrogen-bond acceptors (Lipinski definition) is 10. The minimum atomic E-state index is -0.251. The Balaban J connectivity index is 1.17. The van der Waals surface area contributed by atoms with Crippen LogP contribution >= 0.6 is 0 Å². The summed E-state index contributed by atoms with van der Waals surface area (Å²) in [6.45, 7) is 4.88. The minimum absolute atomic E-state index is 0.185. The smallest absolute Gasteiger partial charge is 0.273 e. The third-order valence-corrected chi connectivity index (χ3v) is 9.60. The van der Waals surface area contributed by atoms with E-state index in [1.54, 1.807) is 61.4 Å². The molecule has 0 spiro atoms. The number of H-pyrrole nitrogens is 1. The summed E-state index contributed by atoms with van der Waals surface area (Å²) >= 11 is 0. The number of aromatic amines is 1. The fraction of sp³-hybridized carbons (Fsp3) is 0.273. The summed E-state index contributed by atoms with van der Waals surface area (Å²) in [7, 11) is 11.3. The Morgan fingerprint density at radius 2 is 1.21 bits per heavy atom. The van der Waals surface area contributed by atoms with Crippen LogP contribution in [0.1, 0.15) is 31.8 Å². The van der Waals surface area contributed by atoms with Gasteiger partial charge in [0.1, 0.15) is 23.0 Å². The standard InChI is InChI=1S/C44H52N10O4/c1-45-21-23-51(4)28-35-27-48-49-41(35)31-13-17-37(18-14-31)58-40-12-8-10-34(26-40)44(56)53(6)54-30-36(29-52(5)24-22-46-2)42(50-54)32-15-19-38(20-16-32)57-39-11-7-9-33(25-39)43(55)47-3/h7-20,25-27,30,45-46H,21-24,28-29H2,1-6H3,(H,47,55)(H,48,49). The second-order valence-corrected chi connectivity index (χ2v) is 14.1. The van der Waals surface area contributed by atoms with Gasteiger partial charge < -0.3 is 35.2 Å². The van der Waals surface area contributed by atoms with Crippen LogP contribution < -0.4 is 30.4 Å². The van der Waals surface area contributed by atoms with Crippen LogP contribution in [0.5, 0.6) is 23.0 Å². The minimum Gasteiger partial charge on any atom is -0.457 e. The third-order valence-electron chi connectivity index (χ3n) is 9.60. The largest absolute Gasteiger partial charge is 0.457 e. The van der Waals surface area contributed by atoms with Gasteiger partial charge in [-0.05, 0) is 113 Å². The predicted molar refractivity (Wildman–Crippen MR) is 227 cm³/mol. The molecule has 6 rings (SSSR count). The van der Waals surface area contributed by atoms with Gasteiger partial charge in [-0.25, -0.2) is 5.01 Å². The Hall–Kier alpha value is -6.32. The maximum absolute atomic E-state index is 13.9. The van der Waals surface area contributed by atoms with E-state index >= 15 is 0 Å². The van der Waals surface area contributed by atoms with E-state index in [9.17, 15) is 9.59 Å². The number of nitrogens with zero attached hydrogens (tertiary/aromatic N) is 6. The summed E-state index contributed by atoms with van der Waals surface area (Å²) in [5.74, 6) is 1.91. The van der Waals surface area contributed by atoms with E-state index in [2.05, 4.69) is 50.0 Å². The molecule has 2 aromatic heterocycles. The molecular formula is C44H52N10O4. The highest BCUT2D eigenvalue weighted by atomic mass is 16.5. The topological polar surface area (TPSA) is 145 Å². The van der Waals surface area contributed by atoms with Crippen molar-refractivity contribution < 1.29 is 19.1 Å². The van der Waals surface area contributed by atoms with E-state index in [1.165, 1.54) is 5.01 Å². The van der Waals surface area contributed by atoms with Crippen LogP contribution in [0.15, 0.2) is 109 Å². The van der Waals surface area contributed by atoms with Gasteiger partial charge in [0.25, 0.3) is 11.8 Å². The molecule has 0 saturated carbocycles. The zero-order valence-corrected chi connectivity index (χ0v) is 34.0. The van der Waals surface area contributed by atoms with Crippen LogP contribution in [0.2, 0.25) is 0 Å². The quantitative estimate of drug-likeness (QED) is 0.0821. The highest BCUT2D eigenvalue weighted by molar-refractivity contribution is 6.01. The summed E-state index contributed by atoms with van der Waals surface area (Å²) in [5, 5.41) is 22.9. The molecule has 2 heterocycles. The average Bonchev–Trinajstić information content (AvgIpc) is 3.89. The van der Waals surface area contributed by atoms with Crippen molar-refractivity contribution in [3.63, 3.8) is 0 Å². The van der Waals surface area contributed by atoms with E-state index < -0.39 is 0 Å². The van der Waals surface area contributed by atoms with Crippen LogP contribution in [0.4, 0.5) is 0 Å². The molecule has 0 saturated heterocycles. The van der Waals surface area contributed by atoms with Crippen molar-refractivity contribution in [1.29, 1.82) is 0 Å². The lowest BCUT2D eigenvalue weighted by Crippen LogP contribution is -2.37. The molecule has 302 valence electrons. The van der Waals surface area contributed by atoms with Gasteiger partial charge in [0.05, 0.1) is 17.6 Å². The molecule has 4 N–H and O–H groups in total. The Labute approximate surface area is 339 Å². The summed E-state index contributed by atoms with van der Waals surface area (Å²) in [5.41, 5.74) is 6.53. The highest BCUT2D eigenvalue weighted by Gasteiger charge is 2.20. The van der Waals surface area contributed by atoms with Crippen LogP contribution in [0.25, 0.3) is 22.5 Å². The van der Waals surface area contributed by atoms with Gasteiger partial charge >= 0.3 is 0 Å². The van der Waals surface area contributed by atoms with Gasteiger partial charge in [0.15, 0.2) is 0 Å². The van der Waals surface area contributed by atoms with Crippen molar-refractivity contribution in [3.05, 3.63) is 132 Å². The molecule has 0 fully saturated rings. The molecule has 0 aliphatic rings. The molecule has 6 aromatic rings. The first-order valence-corrected chi connectivity index (χ1v) is 19.2. The van der Waals surface area contributed by atoms with Crippen molar-refractivity contribution in [1.82, 2.24) is 45.8 Å². The first kappa shape index (κ1) is 41.3. The van der Waals surface area contributed by atoms with Gasteiger partial charge in [-0.3, -0.25) is 14.7 Å². The van der Waals surface area contributed by atoms with Gasteiger partial charge in [-0.2, -0.15) is 15.0 Å². The monoisotopic (exact) mass is 784 g/mol. The Kier molecular flexibility index (Phi) is 14.0. The van der Waals surface area contributed by atoms with Gasteiger partial charge in [-0.15, -0.1) is 0 Å². The lowest BCUT2D eigenvalue weighted by atomic mass is 10.1. The number of benzene rings is 4. The van der Waals surface area contributed by atoms with Crippen LogP contribution in [-0.4, -0.2) is 110 Å². The predicted octanol–water partition coefficient (Wildman–Crippen LogP) is 5.60. The zero-order chi connectivity index (χ0) is 41.0. The lowest BCUT2D eigenvalue weighted by Gasteiger charge is -2.18. The van der Waals surface area contributed by atoms with Crippen molar-refractivity contribution in [2.45, 2.75) is 13.1 Å². The molecule has 0 unspecified atom stereocenters. The molecule has 0 aliphatic heterocycles. The number of nitrogens with one attached hydrogen (secondary N) is 4. The van der Waals surface area contributed by atoms with E-state index in [0.29, 0.717) is 40.7 Å². The number of carbonyl (C=O) groups excluding carboxylic acids is 2. The SMILES string of the molecule is CNCCN(C)Cc1c[nH]nc1-c1ccc(Oc2cccc(C(=O)N(C)n3cc(CN(C)CCNC)c(-c4ccc(Oc5cccc(C(=O)NC)c5)cc4)n3)c2)cc1. The number of hydrogen-bond donors (Lipinski definition) is 4. The second kappa shape index (κ2) is 19.7. The maximum Gasteiger partial charge on any atom is 0.273 e. The summed E-state index contributed by atoms with van der Waals surface area (Å²) in [6.07, 6.45) is 3.83. The molecule has 2 amide bonds. The maximum atomic E-state index is 13.9. The number of aromatic nitrogens is 4. The molecule has 14 nitrogen and oxygen atoms in total. The highest BCUT2D eigenvalue weighted by Crippen LogP contribution is 2.30. The number of ether oxygens (including phenoxy) is 2. The van der Waals surface area contributed by atoms with E-state index in [4.69, 9.17) is 14.6 Å². The number of amides is 2.